The molecule has 0 fully saturated rings. The Bertz CT molecular complexity index is 336. The quantitative estimate of drug-likeness (QED) is 0.721. The van der Waals surface area contributed by atoms with Gasteiger partial charge in [-0.1, -0.05) is 10.6 Å². The molecule has 0 radical (unpaired) electrons. The minimum Gasteiger partial charge on any atom is -0.493 e. The van der Waals surface area contributed by atoms with E-state index in [9.17, 15) is 4.57 Å². The standard InChI is InChI=1S/C10H14O3P/c1-12-9-5-4-8(7-14(3)11)6-10(9)13-2/h4-6H,7H2,1-3H3/q+1. The second kappa shape index (κ2) is 4.97. The predicted molar refractivity (Wildman–Crippen MR) is 56.8 cm³/mol. The van der Waals surface area contributed by atoms with Crippen molar-refractivity contribution in [1.29, 1.82) is 0 Å². The summed E-state index contributed by atoms with van der Waals surface area (Å²) in [5, 5.41) is 0. The summed E-state index contributed by atoms with van der Waals surface area (Å²) in [5.41, 5.74) is 1.01. The van der Waals surface area contributed by atoms with Crippen molar-refractivity contribution >= 4 is 7.80 Å². The summed E-state index contributed by atoms with van der Waals surface area (Å²) in [6.45, 7) is 1.71. The topological polar surface area (TPSA) is 35.5 Å². The lowest BCUT2D eigenvalue weighted by molar-refractivity contribution is 0.354. The second-order valence-electron chi connectivity index (χ2n) is 2.98. The molecule has 1 aromatic rings. The fraction of sp³-hybridized carbons (Fsp3) is 0.400. The Hall–Kier alpha value is -1.08. The maximum Gasteiger partial charge on any atom is 0.340 e. The third kappa shape index (κ3) is 2.71. The van der Waals surface area contributed by atoms with Gasteiger partial charge in [0.15, 0.2) is 17.7 Å². The summed E-state index contributed by atoms with van der Waals surface area (Å²) in [7, 11) is 2.03. The molecular formula is C10H14O3P+. The van der Waals surface area contributed by atoms with Crippen molar-refractivity contribution in [2.24, 2.45) is 0 Å². The number of methoxy groups -OCH3 is 2. The van der Waals surface area contributed by atoms with Gasteiger partial charge in [0.25, 0.3) is 0 Å². The highest BCUT2D eigenvalue weighted by Gasteiger charge is 2.11. The zero-order valence-electron chi connectivity index (χ0n) is 8.61. The Kier molecular flexibility index (Phi) is 3.90. The molecule has 0 aliphatic rings. The van der Waals surface area contributed by atoms with Gasteiger partial charge in [0, 0.05) is 5.56 Å². The average Bonchev–Trinajstić information content (AvgIpc) is 2.16. The molecule has 1 unspecified atom stereocenters. The molecule has 0 amide bonds. The van der Waals surface area contributed by atoms with Crippen LogP contribution in [0.5, 0.6) is 11.5 Å². The Balaban J connectivity index is 2.95. The lowest BCUT2D eigenvalue weighted by Crippen LogP contribution is -1.91. The predicted octanol–water partition coefficient (Wildman–Crippen LogP) is 2.66. The van der Waals surface area contributed by atoms with Crippen molar-refractivity contribution in [3.63, 3.8) is 0 Å². The van der Waals surface area contributed by atoms with E-state index in [1.807, 2.05) is 18.2 Å². The molecule has 0 heterocycles. The van der Waals surface area contributed by atoms with E-state index in [0.29, 0.717) is 17.7 Å². The zero-order valence-corrected chi connectivity index (χ0v) is 9.51. The molecule has 0 aliphatic heterocycles. The Labute approximate surface area is 84.8 Å². The molecule has 3 nitrogen and oxygen atoms in total. The first-order valence-corrected chi connectivity index (χ1v) is 6.15. The highest BCUT2D eigenvalue weighted by molar-refractivity contribution is 7.42. The molecular weight excluding hydrogens is 199 g/mol. The van der Waals surface area contributed by atoms with Gasteiger partial charge < -0.3 is 9.47 Å². The van der Waals surface area contributed by atoms with Crippen molar-refractivity contribution in [1.82, 2.24) is 0 Å². The number of hydrogen-bond donors (Lipinski definition) is 0. The van der Waals surface area contributed by atoms with E-state index in [1.165, 1.54) is 0 Å². The summed E-state index contributed by atoms with van der Waals surface area (Å²) in [6, 6.07) is 5.58. The van der Waals surface area contributed by atoms with Crippen molar-refractivity contribution in [2.75, 3.05) is 20.9 Å². The molecule has 0 aromatic heterocycles. The summed E-state index contributed by atoms with van der Waals surface area (Å²) in [6.07, 6.45) is 0.579. The SMILES string of the molecule is COc1ccc(C[P+](C)=O)cc1OC. The van der Waals surface area contributed by atoms with E-state index >= 15 is 0 Å². The molecule has 76 valence electrons. The van der Waals surface area contributed by atoms with Gasteiger partial charge in [0.2, 0.25) is 0 Å². The van der Waals surface area contributed by atoms with Crippen LogP contribution in [0.15, 0.2) is 18.2 Å². The van der Waals surface area contributed by atoms with E-state index < -0.39 is 7.80 Å². The molecule has 1 atom stereocenters. The fourth-order valence-electron chi connectivity index (χ4n) is 1.24. The second-order valence-corrected chi connectivity index (χ2v) is 4.55. The Morgan fingerprint density at radius 2 is 1.86 bits per heavy atom. The number of ether oxygens (including phenoxy) is 2. The van der Waals surface area contributed by atoms with E-state index in [2.05, 4.69) is 0 Å². The van der Waals surface area contributed by atoms with Crippen LogP contribution in [0.3, 0.4) is 0 Å². The van der Waals surface area contributed by atoms with Crippen LogP contribution in [0, 0.1) is 0 Å². The zero-order chi connectivity index (χ0) is 10.6. The molecule has 4 heteroatoms. The van der Waals surface area contributed by atoms with Crippen LogP contribution < -0.4 is 9.47 Å². The lowest BCUT2D eigenvalue weighted by Gasteiger charge is -2.07. The van der Waals surface area contributed by atoms with Gasteiger partial charge >= 0.3 is 7.80 Å². The van der Waals surface area contributed by atoms with Crippen molar-refractivity contribution in [2.45, 2.75) is 6.16 Å². The van der Waals surface area contributed by atoms with Gasteiger partial charge in [-0.3, -0.25) is 0 Å². The molecule has 0 bridgehead atoms. The molecule has 0 N–H and O–H groups in total. The van der Waals surface area contributed by atoms with E-state index in [0.717, 1.165) is 5.56 Å². The van der Waals surface area contributed by atoms with E-state index in [-0.39, 0.29) is 0 Å². The lowest BCUT2D eigenvalue weighted by atomic mass is 10.2. The van der Waals surface area contributed by atoms with Crippen molar-refractivity contribution in [3.05, 3.63) is 23.8 Å². The maximum atomic E-state index is 11.0. The molecule has 0 spiro atoms. The number of benzene rings is 1. The van der Waals surface area contributed by atoms with Gasteiger partial charge in [-0.15, -0.1) is 0 Å². The molecule has 0 saturated heterocycles. The number of rotatable bonds is 4. The van der Waals surface area contributed by atoms with Gasteiger partial charge in [0.05, 0.1) is 14.2 Å². The van der Waals surface area contributed by atoms with Crippen LogP contribution in [0.4, 0.5) is 0 Å². The van der Waals surface area contributed by atoms with Crippen molar-refractivity contribution < 1.29 is 14.0 Å². The van der Waals surface area contributed by atoms with E-state index in [4.69, 9.17) is 9.47 Å². The first-order chi connectivity index (χ1) is 6.67. The Morgan fingerprint density at radius 1 is 1.21 bits per heavy atom. The van der Waals surface area contributed by atoms with Crippen LogP contribution in [-0.4, -0.2) is 20.9 Å². The first kappa shape index (κ1) is 11.0. The molecule has 14 heavy (non-hydrogen) atoms. The third-order valence-corrected chi connectivity index (χ3v) is 2.66. The smallest absolute Gasteiger partial charge is 0.340 e. The molecule has 1 rings (SSSR count). The van der Waals surface area contributed by atoms with Crippen LogP contribution >= 0.6 is 7.80 Å². The summed E-state index contributed by atoms with van der Waals surface area (Å²) in [4.78, 5) is 0. The maximum absolute atomic E-state index is 11.0. The van der Waals surface area contributed by atoms with Crippen LogP contribution in [-0.2, 0) is 10.7 Å². The molecule has 0 saturated carbocycles. The van der Waals surface area contributed by atoms with Gasteiger partial charge in [-0.25, -0.2) is 0 Å². The average molecular weight is 213 g/mol. The summed E-state index contributed by atoms with van der Waals surface area (Å²) in [5.74, 6) is 1.38. The van der Waals surface area contributed by atoms with Gasteiger partial charge in [-0.05, 0) is 12.1 Å². The third-order valence-electron chi connectivity index (χ3n) is 1.85. The molecule has 0 aliphatic carbocycles. The van der Waals surface area contributed by atoms with Crippen LogP contribution in [0.2, 0.25) is 0 Å². The summed E-state index contributed by atoms with van der Waals surface area (Å²) >= 11 is 0. The van der Waals surface area contributed by atoms with Crippen LogP contribution in [0.25, 0.3) is 0 Å². The minimum absolute atomic E-state index is 0.579. The summed E-state index contributed by atoms with van der Waals surface area (Å²) < 4.78 is 21.3. The normalized spacial score (nSPS) is 10.9. The highest BCUT2D eigenvalue weighted by Crippen LogP contribution is 2.31. The van der Waals surface area contributed by atoms with Gasteiger partial charge in [0.1, 0.15) is 6.66 Å². The largest absolute Gasteiger partial charge is 0.493 e. The van der Waals surface area contributed by atoms with E-state index in [1.54, 1.807) is 20.9 Å². The minimum atomic E-state index is -1.15. The highest BCUT2D eigenvalue weighted by atomic mass is 31.1. The van der Waals surface area contributed by atoms with Crippen LogP contribution in [0.1, 0.15) is 5.56 Å². The molecule has 1 aromatic carbocycles. The first-order valence-electron chi connectivity index (χ1n) is 4.26. The fourth-order valence-corrected chi connectivity index (χ4v) is 1.95. The van der Waals surface area contributed by atoms with Crippen molar-refractivity contribution in [3.8, 4) is 11.5 Å². The Morgan fingerprint density at radius 3 is 2.36 bits per heavy atom. The monoisotopic (exact) mass is 213 g/mol. The number of hydrogen-bond acceptors (Lipinski definition) is 3. The van der Waals surface area contributed by atoms with Gasteiger partial charge in [-0.2, -0.15) is 0 Å².